The molecule has 5 heteroatoms. The largest absolute Gasteiger partial charge is 0.481 e. The van der Waals surface area contributed by atoms with Crippen molar-refractivity contribution < 1.29 is 18.7 Å². The lowest BCUT2D eigenvalue weighted by molar-refractivity contribution is -0.137. The van der Waals surface area contributed by atoms with Crippen molar-refractivity contribution in [3.8, 4) is 0 Å². The molecule has 0 saturated carbocycles. The van der Waals surface area contributed by atoms with Crippen LogP contribution in [0.2, 0.25) is 0 Å². The SMILES string of the molecule is Cc1ccc(C(F)(F)CCCC(=O)O)s1. The van der Waals surface area contributed by atoms with Gasteiger partial charge in [-0.2, -0.15) is 0 Å². The molecule has 1 aromatic rings. The first kappa shape index (κ1) is 12.1. The monoisotopic (exact) mass is 234 g/mol. The van der Waals surface area contributed by atoms with Crippen LogP contribution in [0.4, 0.5) is 8.78 Å². The highest BCUT2D eigenvalue weighted by molar-refractivity contribution is 7.12. The van der Waals surface area contributed by atoms with E-state index >= 15 is 0 Å². The smallest absolute Gasteiger partial charge is 0.303 e. The fourth-order valence-electron chi connectivity index (χ4n) is 1.22. The van der Waals surface area contributed by atoms with Crippen LogP contribution < -0.4 is 0 Å². The van der Waals surface area contributed by atoms with Gasteiger partial charge in [0.15, 0.2) is 0 Å². The Morgan fingerprint density at radius 1 is 1.53 bits per heavy atom. The van der Waals surface area contributed by atoms with E-state index in [2.05, 4.69) is 0 Å². The number of halogens is 2. The van der Waals surface area contributed by atoms with E-state index in [1.807, 2.05) is 0 Å². The summed E-state index contributed by atoms with van der Waals surface area (Å²) in [6.45, 7) is 1.77. The van der Waals surface area contributed by atoms with Gasteiger partial charge in [0.1, 0.15) is 0 Å². The van der Waals surface area contributed by atoms with Crippen LogP contribution in [0.1, 0.15) is 29.0 Å². The molecular formula is C10H12F2O2S. The van der Waals surface area contributed by atoms with Gasteiger partial charge in [0.25, 0.3) is 5.92 Å². The molecule has 1 heterocycles. The van der Waals surface area contributed by atoms with Crippen molar-refractivity contribution in [1.82, 2.24) is 0 Å². The highest BCUT2D eigenvalue weighted by Gasteiger charge is 2.32. The van der Waals surface area contributed by atoms with E-state index in [0.29, 0.717) is 0 Å². The van der Waals surface area contributed by atoms with Crippen molar-refractivity contribution in [2.24, 2.45) is 0 Å². The third-order valence-electron chi connectivity index (χ3n) is 1.98. The fraction of sp³-hybridized carbons (Fsp3) is 0.500. The molecule has 0 unspecified atom stereocenters. The van der Waals surface area contributed by atoms with Crippen LogP contribution in [0.5, 0.6) is 0 Å². The minimum atomic E-state index is -2.89. The van der Waals surface area contributed by atoms with Crippen LogP contribution in [0.25, 0.3) is 0 Å². The predicted molar refractivity (Wildman–Crippen MR) is 54.4 cm³/mol. The van der Waals surface area contributed by atoms with Gasteiger partial charge in [0.05, 0.1) is 4.88 Å². The normalized spacial score (nSPS) is 11.7. The van der Waals surface area contributed by atoms with Gasteiger partial charge >= 0.3 is 5.97 Å². The number of alkyl halides is 2. The molecule has 0 saturated heterocycles. The van der Waals surface area contributed by atoms with E-state index in [1.54, 1.807) is 13.0 Å². The van der Waals surface area contributed by atoms with Gasteiger partial charge in [-0.3, -0.25) is 4.79 Å². The van der Waals surface area contributed by atoms with E-state index < -0.39 is 18.3 Å². The zero-order chi connectivity index (χ0) is 11.5. The van der Waals surface area contributed by atoms with E-state index in [9.17, 15) is 13.6 Å². The van der Waals surface area contributed by atoms with E-state index in [1.165, 1.54) is 6.07 Å². The minimum absolute atomic E-state index is 0.000713. The molecule has 0 aliphatic heterocycles. The van der Waals surface area contributed by atoms with Gasteiger partial charge in [0, 0.05) is 17.7 Å². The molecule has 0 bridgehead atoms. The maximum Gasteiger partial charge on any atom is 0.303 e. The zero-order valence-corrected chi connectivity index (χ0v) is 9.11. The van der Waals surface area contributed by atoms with E-state index in [4.69, 9.17) is 5.11 Å². The Bertz CT molecular complexity index is 347. The molecule has 1 N–H and O–H groups in total. The molecule has 0 aliphatic carbocycles. The first-order chi connectivity index (χ1) is 6.92. The molecule has 0 radical (unpaired) electrons. The number of carboxylic acids is 1. The standard InChI is InChI=1S/C10H12F2O2S/c1-7-4-5-8(15-7)10(11,12)6-2-3-9(13)14/h4-5H,2-3,6H2,1H3,(H,13,14). The van der Waals surface area contributed by atoms with Crippen LogP contribution in [-0.2, 0) is 10.7 Å². The predicted octanol–water partition coefficient (Wildman–Crippen LogP) is 3.40. The van der Waals surface area contributed by atoms with E-state index in [0.717, 1.165) is 16.2 Å². The Labute approximate surface area is 90.5 Å². The highest BCUT2D eigenvalue weighted by Crippen LogP contribution is 2.37. The van der Waals surface area contributed by atoms with Crippen molar-refractivity contribution in [2.45, 2.75) is 32.1 Å². The number of thiophene rings is 1. The number of hydrogen-bond acceptors (Lipinski definition) is 2. The van der Waals surface area contributed by atoms with Crippen LogP contribution in [0.3, 0.4) is 0 Å². The molecule has 15 heavy (non-hydrogen) atoms. The van der Waals surface area contributed by atoms with Gasteiger partial charge < -0.3 is 5.11 Å². The topological polar surface area (TPSA) is 37.3 Å². The lowest BCUT2D eigenvalue weighted by atomic mass is 10.1. The number of hydrogen-bond donors (Lipinski definition) is 1. The molecule has 0 fully saturated rings. The third kappa shape index (κ3) is 3.58. The zero-order valence-electron chi connectivity index (χ0n) is 8.30. The Balaban J connectivity index is 2.55. The summed E-state index contributed by atoms with van der Waals surface area (Å²) in [5.41, 5.74) is 0. The average Bonchev–Trinajstić information content (AvgIpc) is 2.51. The van der Waals surface area contributed by atoms with Gasteiger partial charge in [-0.25, -0.2) is 8.78 Å². The second-order valence-electron chi connectivity index (χ2n) is 3.36. The second kappa shape index (κ2) is 4.70. The summed E-state index contributed by atoms with van der Waals surface area (Å²) in [4.78, 5) is 11.0. The summed E-state index contributed by atoms with van der Waals surface area (Å²) >= 11 is 1.06. The second-order valence-corrected chi connectivity index (χ2v) is 4.65. The molecule has 2 nitrogen and oxygen atoms in total. The first-order valence-corrected chi connectivity index (χ1v) is 5.40. The molecule has 0 atom stereocenters. The molecule has 0 aliphatic rings. The highest BCUT2D eigenvalue weighted by atomic mass is 32.1. The Morgan fingerprint density at radius 3 is 2.67 bits per heavy atom. The molecule has 84 valence electrons. The lowest BCUT2D eigenvalue weighted by Gasteiger charge is -2.13. The fourth-order valence-corrected chi connectivity index (χ4v) is 2.09. The minimum Gasteiger partial charge on any atom is -0.481 e. The molecule has 0 spiro atoms. The van der Waals surface area contributed by atoms with E-state index in [-0.39, 0.29) is 17.7 Å². The summed E-state index contributed by atoms with van der Waals surface area (Å²) in [6.07, 6.45) is -0.613. The van der Waals surface area contributed by atoms with Crippen molar-refractivity contribution in [3.05, 3.63) is 21.9 Å². The molecule has 1 aromatic heterocycles. The Kier molecular flexibility index (Phi) is 3.79. The molecule has 0 amide bonds. The molecule has 0 aromatic carbocycles. The summed E-state index contributed by atoms with van der Waals surface area (Å²) in [5.74, 6) is -3.93. The first-order valence-electron chi connectivity index (χ1n) is 4.58. The van der Waals surface area contributed by atoms with Crippen LogP contribution in [0.15, 0.2) is 12.1 Å². The average molecular weight is 234 g/mol. The summed E-state index contributed by atoms with van der Waals surface area (Å²) in [7, 11) is 0. The summed E-state index contributed by atoms with van der Waals surface area (Å²) < 4.78 is 26.9. The maximum atomic E-state index is 13.4. The number of carboxylic acid groups (broad SMARTS) is 1. The van der Waals surface area contributed by atoms with Gasteiger partial charge in [0.2, 0.25) is 0 Å². The van der Waals surface area contributed by atoms with Crippen LogP contribution >= 0.6 is 11.3 Å². The lowest BCUT2D eigenvalue weighted by Crippen LogP contribution is -2.12. The van der Waals surface area contributed by atoms with Gasteiger partial charge in [-0.05, 0) is 25.5 Å². The molecule has 1 rings (SSSR count). The quantitative estimate of drug-likeness (QED) is 0.847. The summed E-state index contributed by atoms with van der Waals surface area (Å²) in [5, 5.41) is 8.34. The van der Waals surface area contributed by atoms with Crippen molar-refractivity contribution in [1.29, 1.82) is 0 Å². The van der Waals surface area contributed by atoms with Crippen molar-refractivity contribution in [2.75, 3.05) is 0 Å². The number of aliphatic carboxylic acids is 1. The van der Waals surface area contributed by atoms with Crippen LogP contribution in [-0.4, -0.2) is 11.1 Å². The number of rotatable bonds is 5. The van der Waals surface area contributed by atoms with Gasteiger partial charge in [-0.1, -0.05) is 0 Å². The summed E-state index contributed by atoms with van der Waals surface area (Å²) in [6, 6.07) is 3.05. The third-order valence-corrected chi connectivity index (χ3v) is 3.09. The Hall–Kier alpha value is -0.970. The van der Waals surface area contributed by atoms with Crippen molar-refractivity contribution >= 4 is 17.3 Å². The Morgan fingerprint density at radius 2 is 2.20 bits per heavy atom. The number of aryl methyl sites for hydroxylation is 1. The van der Waals surface area contributed by atoms with Crippen molar-refractivity contribution in [3.63, 3.8) is 0 Å². The number of carbonyl (C=O) groups is 1. The van der Waals surface area contributed by atoms with Gasteiger partial charge in [-0.15, -0.1) is 11.3 Å². The molecular weight excluding hydrogens is 222 g/mol. The maximum absolute atomic E-state index is 13.4. The van der Waals surface area contributed by atoms with Crippen LogP contribution in [0, 0.1) is 6.92 Å².